The highest BCUT2D eigenvalue weighted by atomic mass is 35.5. The Hall–Kier alpha value is -2.60. The van der Waals surface area contributed by atoms with E-state index in [1.165, 1.54) is 35.2 Å². The maximum Gasteiger partial charge on any atom is 0.316 e. The fourth-order valence-electron chi connectivity index (χ4n) is 6.45. The molecule has 3 fully saturated rings. The SMILES string of the molecule is Cc1cc(OC(=O)[C@H]2CC(=O)N(c3ccc(C)c([N+](=O)[O-])c3)C2)ccc1N1C(=O)[C@@H]2[C@H](C1=O)[C@@]1(Cl)C(Cl)=C(Cl)[C@@]2(Cl)C1(Cl)Cl. The molecular weight excluding hydrogens is 703 g/mol. The molecule has 2 saturated heterocycles. The van der Waals surface area contributed by atoms with Crippen molar-refractivity contribution >= 4 is 110 Å². The molecule has 10 nitrogen and oxygen atoms in total. The van der Waals surface area contributed by atoms with Crippen molar-refractivity contribution in [3.05, 3.63) is 67.7 Å². The second kappa shape index (κ2) is 10.2. The molecule has 44 heavy (non-hydrogen) atoms. The molecular formula is C28H19Cl6N3O7. The van der Waals surface area contributed by atoms with Gasteiger partial charge in [0, 0.05) is 24.6 Å². The summed E-state index contributed by atoms with van der Waals surface area (Å²) in [5.41, 5.74) is 1.17. The Labute approximate surface area is 279 Å². The summed E-state index contributed by atoms with van der Waals surface area (Å²) in [5.74, 6) is -5.86. The van der Waals surface area contributed by atoms with E-state index in [4.69, 9.17) is 74.3 Å². The number of aryl methyl sites for hydroxylation is 2. The van der Waals surface area contributed by atoms with Gasteiger partial charge in [-0.15, -0.1) is 23.2 Å². The van der Waals surface area contributed by atoms with E-state index in [9.17, 15) is 29.3 Å². The Morgan fingerprint density at radius 3 is 2.07 bits per heavy atom. The number of nitro benzene ring substituents is 1. The van der Waals surface area contributed by atoms with E-state index < -0.39 is 54.5 Å². The van der Waals surface area contributed by atoms with E-state index in [2.05, 4.69) is 0 Å². The lowest BCUT2D eigenvalue weighted by atomic mass is 9.84. The topological polar surface area (TPSA) is 127 Å². The van der Waals surface area contributed by atoms with Crippen LogP contribution in [0, 0.1) is 41.7 Å². The first-order valence-corrected chi connectivity index (χ1v) is 15.3. The molecule has 16 heteroatoms. The van der Waals surface area contributed by atoms with Gasteiger partial charge < -0.3 is 9.64 Å². The fraction of sp³-hybridized carbons (Fsp3) is 0.357. The number of amides is 3. The van der Waals surface area contributed by atoms with Gasteiger partial charge in [0.1, 0.15) is 15.5 Å². The normalized spacial score (nSPS) is 30.5. The maximum absolute atomic E-state index is 13.7. The van der Waals surface area contributed by atoms with Crippen LogP contribution in [0.1, 0.15) is 17.5 Å². The molecule has 2 aromatic carbocycles. The predicted molar refractivity (Wildman–Crippen MR) is 165 cm³/mol. The first kappa shape index (κ1) is 31.4. The number of benzene rings is 2. The second-order valence-electron chi connectivity index (χ2n) is 11.1. The zero-order valence-electron chi connectivity index (χ0n) is 22.6. The second-order valence-corrected chi connectivity index (χ2v) is 14.4. The zero-order valence-corrected chi connectivity index (χ0v) is 27.1. The number of anilines is 2. The molecule has 0 unspecified atom stereocenters. The van der Waals surface area contributed by atoms with E-state index in [-0.39, 0.29) is 46.1 Å². The predicted octanol–water partition coefficient (Wildman–Crippen LogP) is 6.12. The number of esters is 1. The summed E-state index contributed by atoms with van der Waals surface area (Å²) in [4.78, 5) is 62.2. The van der Waals surface area contributed by atoms with Crippen molar-refractivity contribution in [2.24, 2.45) is 17.8 Å². The van der Waals surface area contributed by atoms with Gasteiger partial charge in [0.2, 0.25) is 17.7 Å². The Kier molecular flexibility index (Phi) is 7.28. The molecule has 2 aliphatic carbocycles. The van der Waals surface area contributed by atoms with Crippen molar-refractivity contribution in [2.75, 3.05) is 16.3 Å². The van der Waals surface area contributed by atoms with Crippen LogP contribution in [0.3, 0.4) is 0 Å². The van der Waals surface area contributed by atoms with Crippen LogP contribution >= 0.6 is 69.6 Å². The van der Waals surface area contributed by atoms with E-state index in [0.29, 0.717) is 16.8 Å². The molecule has 5 atom stereocenters. The van der Waals surface area contributed by atoms with Gasteiger partial charge in [0.15, 0.2) is 4.33 Å². The average Bonchev–Trinajstić information content (AvgIpc) is 3.54. The summed E-state index contributed by atoms with van der Waals surface area (Å²) in [6.07, 6.45) is -0.153. The monoisotopic (exact) mass is 719 g/mol. The summed E-state index contributed by atoms with van der Waals surface area (Å²) in [6.45, 7) is 3.15. The minimum absolute atomic E-state index is 0.0311. The van der Waals surface area contributed by atoms with Crippen molar-refractivity contribution < 1.29 is 28.8 Å². The van der Waals surface area contributed by atoms with Gasteiger partial charge in [-0.25, -0.2) is 4.90 Å². The summed E-state index contributed by atoms with van der Waals surface area (Å²) in [7, 11) is 0. The number of rotatable bonds is 5. The smallest absolute Gasteiger partial charge is 0.316 e. The number of hydrogen-bond donors (Lipinski definition) is 0. The third-order valence-corrected chi connectivity index (χ3v) is 13.0. The zero-order chi connectivity index (χ0) is 32.3. The molecule has 4 aliphatic rings. The molecule has 2 aromatic rings. The quantitative estimate of drug-likeness (QED) is 0.0909. The Bertz CT molecular complexity index is 1720. The third kappa shape index (κ3) is 3.94. The minimum Gasteiger partial charge on any atom is -0.426 e. The first-order valence-electron chi connectivity index (χ1n) is 13.1. The lowest BCUT2D eigenvalue weighted by molar-refractivity contribution is -0.385. The van der Waals surface area contributed by atoms with Gasteiger partial charge in [-0.05, 0) is 43.7 Å². The summed E-state index contributed by atoms with van der Waals surface area (Å²) in [5, 5.41) is 10.9. The summed E-state index contributed by atoms with van der Waals surface area (Å²) >= 11 is 39.3. The van der Waals surface area contributed by atoms with Crippen molar-refractivity contribution in [3.63, 3.8) is 0 Å². The number of nitrogens with zero attached hydrogens (tertiary/aromatic N) is 3. The molecule has 0 radical (unpaired) electrons. The highest BCUT2D eigenvalue weighted by Crippen LogP contribution is 2.77. The van der Waals surface area contributed by atoms with Crippen LogP contribution in [0.4, 0.5) is 17.1 Å². The Morgan fingerprint density at radius 2 is 1.52 bits per heavy atom. The molecule has 3 amide bonds. The van der Waals surface area contributed by atoms with Gasteiger partial charge in [-0.2, -0.15) is 0 Å². The molecule has 230 valence electrons. The van der Waals surface area contributed by atoms with Gasteiger partial charge >= 0.3 is 5.97 Å². The number of nitro groups is 1. The molecule has 2 bridgehead atoms. The first-order chi connectivity index (χ1) is 20.5. The van der Waals surface area contributed by atoms with E-state index in [1.807, 2.05) is 0 Å². The van der Waals surface area contributed by atoms with Crippen LogP contribution in [-0.2, 0) is 19.2 Å². The number of alkyl halides is 4. The minimum atomic E-state index is -2.05. The van der Waals surface area contributed by atoms with Gasteiger partial charge in [0.25, 0.3) is 5.69 Å². The molecule has 2 heterocycles. The molecule has 0 aromatic heterocycles. The number of hydrogen-bond acceptors (Lipinski definition) is 7. The largest absolute Gasteiger partial charge is 0.426 e. The van der Waals surface area contributed by atoms with Crippen LogP contribution < -0.4 is 14.5 Å². The average molecular weight is 722 g/mol. The van der Waals surface area contributed by atoms with Gasteiger partial charge in [-0.3, -0.25) is 29.3 Å². The Morgan fingerprint density at radius 1 is 0.932 bits per heavy atom. The van der Waals surface area contributed by atoms with E-state index in [1.54, 1.807) is 19.9 Å². The van der Waals surface area contributed by atoms with E-state index >= 15 is 0 Å². The molecule has 2 aliphatic heterocycles. The van der Waals surface area contributed by atoms with Gasteiger partial charge in [-0.1, -0.05) is 52.5 Å². The van der Waals surface area contributed by atoms with E-state index in [0.717, 1.165) is 4.90 Å². The number of ether oxygens (including phenoxy) is 1. The lowest BCUT2D eigenvalue weighted by Crippen LogP contribution is -2.50. The lowest BCUT2D eigenvalue weighted by Gasteiger charge is -2.34. The number of allylic oxidation sites excluding steroid dienone is 2. The molecule has 0 spiro atoms. The van der Waals surface area contributed by atoms with Crippen LogP contribution in [0.15, 0.2) is 46.5 Å². The number of imide groups is 1. The Balaban J connectivity index is 1.20. The maximum atomic E-state index is 13.7. The number of carbonyl (C=O) groups excluding carboxylic acids is 4. The number of fused-ring (bicyclic) bond motifs is 5. The highest BCUT2D eigenvalue weighted by Gasteiger charge is 2.87. The van der Waals surface area contributed by atoms with Crippen LogP contribution in [0.25, 0.3) is 0 Å². The number of halogens is 6. The van der Waals surface area contributed by atoms with Crippen LogP contribution in [0.2, 0.25) is 0 Å². The van der Waals surface area contributed by atoms with Crippen molar-refractivity contribution in [3.8, 4) is 5.75 Å². The molecule has 0 N–H and O–H groups in total. The van der Waals surface area contributed by atoms with Crippen LogP contribution in [-0.4, -0.2) is 49.2 Å². The molecule has 1 saturated carbocycles. The van der Waals surface area contributed by atoms with Crippen molar-refractivity contribution in [1.82, 2.24) is 0 Å². The number of carbonyl (C=O) groups is 4. The van der Waals surface area contributed by atoms with Crippen molar-refractivity contribution in [2.45, 2.75) is 34.3 Å². The standard InChI is InChI=1S/C28H19Cl6N3O7/c1-11-3-4-14(9-17(11)37(42)43)35-10-13(8-18(35)38)25(41)44-15-5-6-16(12(2)7-15)36-23(39)19-20(24(36)40)27(32)22(30)21(29)26(19,31)28(27,33)34/h3-7,9,13,19-20H,8,10H2,1-2H3/t13-,19-,20+,26+,27+/m0/s1. The highest BCUT2D eigenvalue weighted by molar-refractivity contribution is 6.67. The van der Waals surface area contributed by atoms with Gasteiger partial charge in [0.05, 0.1) is 44.1 Å². The van der Waals surface area contributed by atoms with Crippen LogP contribution in [0.5, 0.6) is 5.75 Å². The fourth-order valence-corrected chi connectivity index (χ4v) is 9.38. The summed E-state index contributed by atoms with van der Waals surface area (Å²) in [6, 6.07) is 8.66. The molecule has 6 rings (SSSR count). The van der Waals surface area contributed by atoms with Crippen molar-refractivity contribution in [1.29, 1.82) is 0 Å². The summed E-state index contributed by atoms with van der Waals surface area (Å²) < 4.78 is 3.48. The third-order valence-electron chi connectivity index (χ3n) is 8.70.